The molecule has 2 rings (SSSR count). The molecule has 1 saturated heterocycles. The molecule has 0 bridgehead atoms. The van der Waals surface area contributed by atoms with Crippen LogP contribution in [0.4, 0.5) is 4.39 Å². The van der Waals surface area contributed by atoms with Gasteiger partial charge in [0.05, 0.1) is 19.6 Å². The molecule has 1 fully saturated rings. The summed E-state index contributed by atoms with van der Waals surface area (Å²) in [7, 11) is 1.75. The SMILES string of the molecule is CCC(CC)C(CNC(=NC)NCCNC(=O)Cc1ccc(F)cc1)N1CCOCC1. The number of carbonyl (C=O) groups is 1. The summed E-state index contributed by atoms with van der Waals surface area (Å²) in [5, 5.41) is 9.60. The number of hydrogen-bond donors (Lipinski definition) is 3. The number of amides is 1. The van der Waals surface area contributed by atoms with Crippen LogP contribution in [0.1, 0.15) is 32.3 Å². The minimum atomic E-state index is -0.299. The molecule has 1 aliphatic heterocycles. The molecule has 1 aliphatic rings. The van der Waals surface area contributed by atoms with Gasteiger partial charge in [0.1, 0.15) is 5.82 Å². The molecule has 31 heavy (non-hydrogen) atoms. The quantitative estimate of drug-likeness (QED) is 0.281. The maximum atomic E-state index is 13.0. The maximum absolute atomic E-state index is 13.0. The van der Waals surface area contributed by atoms with Crippen LogP contribution in [-0.2, 0) is 16.0 Å². The number of aliphatic imine (C=N–C) groups is 1. The lowest BCUT2D eigenvalue weighted by Crippen LogP contribution is -2.53. The van der Waals surface area contributed by atoms with Crippen molar-refractivity contribution < 1.29 is 13.9 Å². The number of benzene rings is 1. The van der Waals surface area contributed by atoms with Crippen molar-refractivity contribution in [2.75, 3.05) is 53.0 Å². The summed E-state index contributed by atoms with van der Waals surface area (Å²) < 4.78 is 18.5. The summed E-state index contributed by atoms with van der Waals surface area (Å²) in [5.41, 5.74) is 0.792. The van der Waals surface area contributed by atoms with Gasteiger partial charge in [0.2, 0.25) is 5.91 Å². The number of halogens is 1. The lowest BCUT2D eigenvalue weighted by molar-refractivity contribution is -0.120. The largest absolute Gasteiger partial charge is 0.379 e. The summed E-state index contributed by atoms with van der Waals surface area (Å²) in [6, 6.07) is 6.43. The second-order valence-electron chi connectivity index (χ2n) is 7.83. The topological polar surface area (TPSA) is 78.0 Å². The van der Waals surface area contributed by atoms with Crippen molar-refractivity contribution in [1.29, 1.82) is 0 Å². The summed E-state index contributed by atoms with van der Waals surface area (Å²) in [6.45, 7) is 9.91. The minimum absolute atomic E-state index is 0.0857. The van der Waals surface area contributed by atoms with E-state index in [0.717, 1.165) is 57.2 Å². The summed E-state index contributed by atoms with van der Waals surface area (Å²) in [5.74, 6) is 0.969. The number of ether oxygens (including phenoxy) is 1. The van der Waals surface area contributed by atoms with E-state index in [0.29, 0.717) is 25.0 Å². The van der Waals surface area contributed by atoms with Crippen LogP contribution in [0.25, 0.3) is 0 Å². The highest BCUT2D eigenvalue weighted by atomic mass is 19.1. The summed E-state index contributed by atoms with van der Waals surface area (Å²) in [4.78, 5) is 18.9. The zero-order chi connectivity index (χ0) is 22.5. The summed E-state index contributed by atoms with van der Waals surface area (Å²) >= 11 is 0. The van der Waals surface area contributed by atoms with Gasteiger partial charge in [-0.2, -0.15) is 0 Å². The van der Waals surface area contributed by atoms with Crippen LogP contribution in [0, 0.1) is 11.7 Å². The Labute approximate surface area is 185 Å². The van der Waals surface area contributed by atoms with Crippen LogP contribution in [0.15, 0.2) is 29.3 Å². The first kappa shape index (κ1) is 25.1. The molecule has 0 aromatic heterocycles. The van der Waals surface area contributed by atoms with Gasteiger partial charge in [0.25, 0.3) is 0 Å². The highest BCUT2D eigenvalue weighted by Crippen LogP contribution is 2.19. The van der Waals surface area contributed by atoms with Crippen LogP contribution in [0.3, 0.4) is 0 Å². The van der Waals surface area contributed by atoms with Crippen molar-refractivity contribution in [3.8, 4) is 0 Å². The van der Waals surface area contributed by atoms with Crippen LogP contribution in [0.2, 0.25) is 0 Å². The molecule has 1 unspecified atom stereocenters. The highest BCUT2D eigenvalue weighted by Gasteiger charge is 2.26. The zero-order valence-corrected chi connectivity index (χ0v) is 19.1. The smallest absolute Gasteiger partial charge is 0.224 e. The number of morpholine rings is 1. The molecule has 0 spiro atoms. The van der Waals surface area contributed by atoms with Gasteiger partial charge in [-0.05, 0) is 23.6 Å². The van der Waals surface area contributed by atoms with E-state index in [1.54, 1.807) is 19.2 Å². The van der Waals surface area contributed by atoms with E-state index in [9.17, 15) is 9.18 Å². The molecule has 1 atom stereocenters. The first-order valence-electron chi connectivity index (χ1n) is 11.3. The average Bonchev–Trinajstić information content (AvgIpc) is 2.80. The standard InChI is InChI=1S/C23H38FN5O2/c1-4-19(5-2)21(29-12-14-31-15-13-29)17-28-23(25-3)27-11-10-26-22(30)16-18-6-8-20(24)9-7-18/h6-9,19,21H,4-5,10-17H2,1-3H3,(H,26,30)(H2,25,27,28). The number of nitrogens with zero attached hydrogens (tertiary/aromatic N) is 2. The fourth-order valence-electron chi connectivity index (χ4n) is 3.99. The van der Waals surface area contributed by atoms with Gasteiger partial charge in [-0.3, -0.25) is 14.7 Å². The molecular formula is C23H38FN5O2. The van der Waals surface area contributed by atoms with Gasteiger partial charge < -0.3 is 20.7 Å². The number of nitrogens with one attached hydrogen (secondary N) is 3. The van der Waals surface area contributed by atoms with Crippen LogP contribution in [0.5, 0.6) is 0 Å². The Kier molecular flexibility index (Phi) is 11.3. The lowest BCUT2D eigenvalue weighted by atomic mass is 9.92. The van der Waals surface area contributed by atoms with Gasteiger partial charge in [0.15, 0.2) is 5.96 Å². The lowest BCUT2D eigenvalue weighted by Gasteiger charge is -2.39. The first-order chi connectivity index (χ1) is 15.1. The Bertz CT molecular complexity index is 673. The second kappa shape index (κ2) is 14.0. The number of carbonyl (C=O) groups excluding carboxylic acids is 1. The van der Waals surface area contributed by atoms with E-state index in [2.05, 4.69) is 39.7 Å². The predicted molar refractivity (Wildman–Crippen MR) is 123 cm³/mol. The fraction of sp³-hybridized carbons (Fsp3) is 0.652. The molecule has 7 nitrogen and oxygen atoms in total. The fourth-order valence-corrected chi connectivity index (χ4v) is 3.99. The van der Waals surface area contributed by atoms with Gasteiger partial charge >= 0.3 is 0 Å². The normalized spacial score (nSPS) is 16.2. The Morgan fingerprint density at radius 2 is 1.74 bits per heavy atom. The van der Waals surface area contributed by atoms with E-state index >= 15 is 0 Å². The Balaban J connectivity index is 1.73. The number of guanidine groups is 1. The molecule has 0 aliphatic carbocycles. The third-order valence-corrected chi connectivity index (χ3v) is 5.83. The van der Waals surface area contributed by atoms with Gasteiger partial charge in [-0.25, -0.2) is 4.39 Å². The van der Waals surface area contributed by atoms with Gasteiger partial charge in [-0.1, -0.05) is 38.8 Å². The maximum Gasteiger partial charge on any atom is 0.224 e. The molecule has 0 saturated carbocycles. The molecule has 1 heterocycles. The number of rotatable bonds is 11. The van der Waals surface area contributed by atoms with E-state index in [1.165, 1.54) is 12.1 Å². The van der Waals surface area contributed by atoms with Crippen molar-refractivity contribution in [3.63, 3.8) is 0 Å². The molecule has 3 N–H and O–H groups in total. The predicted octanol–water partition coefficient (Wildman–Crippen LogP) is 1.79. The van der Waals surface area contributed by atoms with E-state index in [1.807, 2.05) is 0 Å². The van der Waals surface area contributed by atoms with Gasteiger partial charge in [0, 0.05) is 45.8 Å². The molecule has 174 valence electrons. The van der Waals surface area contributed by atoms with Crippen molar-refractivity contribution >= 4 is 11.9 Å². The van der Waals surface area contributed by atoms with E-state index in [-0.39, 0.29) is 18.1 Å². The first-order valence-corrected chi connectivity index (χ1v) is 11.3. The number of hydrogen-bond acceptors (Lipinski definition) is 4. The Morgan fingerprint density at radius 3 is 2.35 bits per heavy atom. The second-order valence-corrected chi connectivity index (χ2v) is 7.83. The van der Waals surface area contributed by atoms with Crippen LogP contribution < -0.4 is 16.0 Å². The van der Waals surface area contributed by atoms with Crippen molar-refractivity contribution in [1.82, 2.24) is 20.9 Å². The monoisotopic (exact) mass is 435 g/mol. The molecule has 8 heteroatoms. The van der Waals surface area contributed by atoms with E-state index < -0.39 is 0 Å². The van der Waals surface area contributed by atoms with Crippen LogP contribution >= 0.6 is 0 Å². The summed E-state index contributed by atoms with van der Waals surface area (Å²) in [6.07, 6.45) is 2.53. The highest BCUT2D eigenvalue weighted by molar-refractivity contribution is 5.80. The van der Waals surface area contributed by atoms with Crippen molar-refractivity contribution in [2.24, 2.45) is 10.9 Å². The minimum Gasteiger partial charge on any atom is -0.379 e. The average molecular weight is 436 g/mol. The van der Waals surface area contributed by atoms with Crippen molar-refractivity contribution in [2.45, 2.75) is 39.2 Å². The van der Waals surface area contributed by atoms with Gasteiger partial charge in [-0.15, -0.1) is 0 Å². The van der Waals surface area contributed by atoms with Crippen molar-refractivity contribution in [3.05, 3.63) is 35.6 Å². The van der Waals surface area contributed by atoms with E-state index in [4.69, 9.17) is 4.74 Å². The molecule has 1 amide bonds. The Hall–Kier alpha value is -2.19. The zero-order valence-electron chi connectivity index (χ0n) is 19.1. The molecule has 1 aromatic carbocycles. The molecule has 0 radical (unpaired) electrons. The molecular weight excluding hydrogens is 397 g/mol. The molecule has 1 aromatic rings. The van der Waals surface area contributed by atoms with Crippen LogP contribution in [-0.4, -0.2) is 75.8 Å². The third kappa shape index (κ3) is 8.83. The Morgan fingerprint density at radius 1 is 1.10 bits per heavy atom. The third-order valence-electron chi connectivity index (χ3n) is 5.83.